The van der Waals surface area contributed by atoms with Gasteiger partial charge < -0.3 is 9.80 Å². The van der Waals surface area contributed by atoms with Gasteiger partial charge in [-0.15, -0.1) is 0 Å². The summed E-state index contributed by atoms with van der Waals surface area (Å²) >= 11 is 0. The molecule has 0 amide bonds. The molecule has 8 heteroatoms. The minimum Gasteiger partial charge on any atom is -0.367 e. The van der Waals surface area contributed by atoms with Gasteiger partial charge in [-0.2, -0.15) is 4.31 Å². The number of benzene rings is 1. The molecule has 2 fully saturated rings. The number of carbonyl (C=O) groups excluding carboxylic acids is 2. The second kappa shape index (κ2) is 6.85. The first-order chi connectivity index (χ1) is 12.9. The van der Waals surface area contributed by atoms with Gasteiger partial charge in [0.1, 0.15) is 5.70 Å². The molecule has 0 bridgehead atoms. The van der Waals surface area contributed by atoms with Gasteiger partial charge in [-0.05, 0) is 19.9 Å². The van der Waals surface area contributed by atoms with Crippen LogP contribution in [0.3, 0.4) is 0 Å². The Morgan fingerprint density at radius 3 is 1.96 bits per heavy atom. The highest BCUT2D eigenvalue weighted by Gasteiger charge is 2.44. The average Bonchev–Trinajstić information content (AvgIpc) is 3.19. The molecule has 2 saturated heterocycles. The Bertz CT molecular complexity index is 924. The highest BCUT2D eigenvalue weighted by molar-refractivity contribution is 7.94. The maximum atomic E-state index is 13.4. The SMILES string of the molecule is CN1CCN(S(=O)(=O)C2=C(N3CCCC3)C(=O)c3ccccc3C2=O)CC1. The Balaban J connectivity index is 1.86. The number of carbonyl (C=O) groups is 2. The molecule has 3 aliphatic rings. The van der Waals surface area contributed by atoms with Gasteiger partial charge in [0.05, 0.1) is 0 Å². The van der Waals surface area contributed by atoms with Gasteiger partial charge >= 0.3 is 0 Å². The van der Waals surface area contributed by atoms with Crippen molar-refractivity contribution in [3.63, 3.8) is 0 Å². The van der Waals surface area contributed by atoms with Crippen LogP contribution in [0.25, 0.3) is 0 Å². The summed E-state index contributed by atoms with van der Waals surface area (Å²) in [5.74, 6) is -0.925. The molecule has 1 aliphatic carbocycles. The summed E-state index contributed by atoms with van der Waals surface area (Å²) in [6.45, 7) is 3.03. The highest BCUT2D eigenvalue weighted by atomic mass is 32.2. The monoisotopic (exact) mass is 389 g/mol. The van der Waals surface area contributed by atoms with Crippen LogP contribution in [0.5, 0.6) is 0 Å². The summed E-state index contributed by atoms with van der Waals surface area (Å²) < 4.78 is 28.2. The van der Waals surface area contributed by atoms with Crippen LogP contribution in [0.4, 0.5) is 0 Å². The number of piperazine rings is 1. The van der Waals surface area contributed by atoms with Crippen LogP contribution in [-0.4, -0.2) is 80.4 Å². The highest BCUT2D eigenvalue weighted by Crippen LogP contribution is 2.34. The number of hydrogen-bond acceptors (Lipinski definition) is 6. The molecule has 0 unspecified atom stereocenters. The van der Waals surface area contributed by atoms with Crippen LogP contribution in [0, 0.1) is 0 Å². The minimum absolute atomic E-state index is 0.0649. The third-order valence-corrected chi connectivity index (χ3v) is 7.47. The molecule has 0 N–H and O–H groups in total. The van der Waals surface area contributed by atoms with Gasteiger partial charge in [0, 0.05) is 50.4 Å². The number of hydrogen-bond donors (Lipinski definition) is 0. The molecule has 2 heterocycles. The van der Waals surface area contributed by atoms with Crippen molar-refractivity contribution in [1.82, 2.24) is 14.1 Å². The normalized spacial score (nSPS) is 22.5. The fourth-order valence-electron chi connectivity index (χ4n) is 3.96. The molecule has 0 atom stereocenters. The minimum atomic E-state index is -4.05. The van der Waals surface area contributed by atoms with Gasteiger partial charge in [0.25, 0.3) is 0 Å². The summed E-state index contributed by atoms with van der Waals surface area (Å²) in [5, 5.41) is 0. The Morgan fingerprint density at radius 1 is 0.815 bits per heavy atom. The lowest BCUT2D eigenvalue weighted by Gasteiger charge is -2.34. The Hall–Kier alpha value is -2.03. The smallest absolute Gasteiger partial charge is 0.249 e. The maximum absolute atomic E-state index is 13.4. The number of allylic oxidation sites excluding steroid dienone is 2. The predicted octanol–water partition coefficient (Wildman–Crippen LogP) is 0.950. The van der Waals surface area contributed by atoms with Crippen molar-refractivity contribution in [3.05, 3.63) is 46.0 Å². The molecule has 0 saturated carbocycles. The van der Waals surface area contributed by atoms with Crippen molar-refractivity contribution in [3.8, 4) is 0 Å². The van der Waals surface area contributed by atoms with Crippen molar-refractivity contribution in [1.29, 1.82) is 0 Å². The van der Waals surface area contributed by atoms with E-state index in [2.05, 4.69) is 0 Å². The summed E-state index contributed by atoms with van der Waals surface area (Å²) in [6.07, 6.45) is 1.77. The van der Waals surface area contributed by atoms with E-state index in [1.807, 2.05) is 11.9 Å². The molecule has 27 heavy (non-hydrogen) atoms. The number of likely N-dealkylation sites (N-methyl/N-ethyl adjacent to an activating group) is 1. The standard InChI is InChI=1S/C19H23N3O4S/c1-20-10-12-22(13-11-20)27(25,26)19-16(21-8-4-5-9-21)17(23)14-6-2-3-7-15(14)18(19)24/h2-3,6-7H,4-5,8-13H2,1H3. The summed E-state index contributed by atoms with van der Waals surface area (Å²) in [5.41, 5.74) is 0.537. The van der Waals surface area contributed by atoms with E-state index in [1.165, 1.54) is 10.4 Å². The Kier molecular flexibility index (Phi) is 4.65. The van der Waals surface area contributed by atoms with E-state index < -0.39 is 15.8 Å². The van der Waals surface area contributed by atoms with Crippen molar-refractivity contribution in [2.75, 3.05) is 46.3 Å². The van der Waals surface area contributed by atoms with E-state index >= 15 is 0 Å². The van der Waals surface area contributed by atoms with Crippen LogP contribution in [0.1, 0.15) is 33.6 Å². The quantitative estimate of drug-likeness (QED) is 0.766. The molecule has 1 aromatic carbocycles. The first-order valence-corrected chi connectivity index (χ1v) is 10.7. The number of Topliss-reactive ketones (excluding diaryl/α,β-unsaturated/α-hetero) is 2. The van der Waals surface area contributed by atoms with Gasteiger partial charge in [-0.1, -0.05) is 24.3 Å². The molecule has 0 radical (unpaired) electrons. The fraction of sp³-hybridized carbons (Fsp3) is 0.474. The third-order valence-electron chi connectivity index (χ3n) is 5.54. The van der Waals surface area contributed by atoms with Crippen molar-refractivity contribution in [2.45, 2.75) is 12.8 Å². The van der Waals surface area contributed by atoms with E-state index in [1.54, 1.807) is 23.1 Å². The van der Waals surface area contributed by atoms with E-state index in [-0.39, 0.29) is 21.9 Å². The number of likely N-dealkylation sites (tertiary alicyclic amines) is 1. The molecule has 7 nitrogen and oxygen atoms in total. The lowest BCUT2D eigenvalue weighted by atomic mass is 9.92. The Morgan fingerprint density at radius 2 is 1.37 bits per heavy atom. The summed E-state index contributed by atoms with van der Waals surface area (Å²) in [6, 6.07) is 6.50. The van der Waals surface area contributed by atoms with E-state index in [4.69, 9.17) is 0 Å². The first kappa shape index (κ1) is 18.3. The number of sulfonamides is 1. The lowest BCUT2D eigenvalue weighted by molar-refractivity contribution is 0.0951. The average molecular weight is 389 g/mol. The molecule has 0 spiro atoms. The first-order valence-electron chi connectivity index (χ1n) is 9.27. The molecule has 2 aliphatic heterocycles. The van der Waals surface area contributed by atoms with Gasteiger partial charge in [0.15, 0.2) is 4.91 Å². The van der Waals surface area contributed by atoms with Gasteiger partial charge in [-0.3, -0.25) is 9.59 Å². The molecule has 1 aromatic rings. The summed E-state index contributed by atoms with van der Waals surface area (Å²) in [7, 11) is -2.11. The van der Waals surface area contributed by atoms with Crippen molar-refractivity contribution >= 4 is 21.6 Å². The second-order valence-corrected chi connectivity index (χ2v) is 9.16. The maximum Gasteiger partial charge on any atom is 0.249 e. The zero-order chi connectivity index (χ0) is 19.2. The topological polar surface area (TPSA) is 78.0 Å². The molecule has 0 aromatic heterocycles. The summed E-state index contributed by atoms with van der Waals surface area (Å²) in [4.78, 5) is 29.9. The number of rotatable bonds is 3. The molecule has 4 rings (SSSR count). The van der Waals surface area contributed by atoms with Crippen LogP contribution >= 0.6 is 0 Å². The number of nitrogens with zero attached hydrogens (tertiary/aromatic N) is 3. The van der Waals surface area contributed by atoms with Crippen LogP contribution in [0.15, 0.2) is 34.9 Å². The third kappa shape index (κ3) is 3.01. The zero-order valence-corrected chi connectivity index (χ0v) is 16.2. The van der Waals surface area contributed by atoms with Crippen LogP contribution in [-0.2, 0) is 10.0 Å². The van der Waals surface area contributed by atoms with Crippen LogP contribution < -0.4 is 0 Å². The van der Waals surface area contributed by atoms with Crippen LogP contribution in [0.2, 0.25) is 0 Å². The van der Waals surface area contributed by atoms with Crippen molar-refractivity contribution < 1.29 is 18.0 Å². The van der Waals surface area contributed by atoms with E-state index in [0.29, 0.717) is 44.8 Å². The van der Waals surface area contributed by atoms with Gasteiger partial charge in [0.2, 0.25) is 21.6 Å². The lowest BCUT2D eigenvalue weighted by Crippen LogP contribution is -2.49. The molecular formula is C19H23N3O4S. The zero-order valence-electron chi connectivity index (χ0n) is 15.3. The van der Waals surface area contributed by atoms with E-state index in [0.717, 1.165) is 12.8 Å². The molecule has 144 valence electrons. The predicted molar refractivity (Wildman–Crippen MR) is 101 cm³/mol. The largest absolute Gasteiger partial charge is 0.367 e. The van der Waals surface area contributed by atoms with Crippen molar-refractivity contribution in [2.24, 2.45) is 0 Å². The number of fused-ring (bicyclic) bond motifs is 1. The van der Waals surface area contributed by atoms with Gasteiger partial charge in [-0.25, -0.2) is 8.42 Å². The number of ketones is 2. The fourth-order valence-corrected chi connectivity index (χ4v) is 5.68. The molecular weight excluding hydrogens is 366 g/mol. The second-order valence-electron chi connectivity index (χ2n) is 7.28. The van der Waals surface area contributed by atoms with E-state index in [9.17, 15) is 18.0 Å². The Labute approximate surface area is 159 Å².